The second kappa shape index (κ2) is 7.08. The Balaban J connectivity index is 1.95. The van der Waals surface area contributed by atoms with Gasteiger partial charge in [-0.05, 0) is 0 Å². The fourth-order valence-electron chi connectivity index (χ4n) is 5.02. The van der Waals surface area contributed by atoms with Crippen LogP contribution in [0.5, 0.6) is 0 Å². The Morgan fingerprint density at radius 2 is 1.68 bits per heavy atom. The van der Waals surface area contributed by atoms with E-state index in [1.807, 2.05) is 0 Å². The van der Waals surface area contributed by atoms with Crippen LogP contribution in [0.3, 0.4) is 0 Å². The molecule has 0 heterocycles. The zero-order chi connectivity index (χ0) is 20.3. The Kier molecular flexibility index (Phi) is 5.27. The fourth-order valence-corrected chi connectivity index (χ4v) is 35.2. The maximum absolute atomic E-state index is 7.87. The van der Waals surface area contributed by atoms with E-state index in [-0.39, 0.29) is 9.89 Å². The minimum absolute atomic E-state index is 0.0248. The molecule has 0 fully saturated rings. The van der Waals surface area contributed by atoms with Crippen LogP contribution in [0.4, 0.5) is 0 Å². The number of aryl methyl sites for hydroxylation is 2. The summed E-state index contributed by atoms with van der Waals surface area (Å²) in [6.45, 7) is 11.3. The molecule has 0 bridgehead atoms. The molecule has 2 aliphatic rings. The summed E-state index contributed by atoms with van der Waals surface area (Å²) in [5.41, 5.74) is 9.63. The molecule has 0 radical (unpaired) electrons. The molecule has 0 nitrogen and oxygen atoms in total. The molecule has 0 N–H and O–H groups in total. The molecule has 4 heteroatoms. The third-order valence-corrected chi connectivity index (χ3v) is 55.0. The molecule has 0 saturated carbocycles. The summed E-state index contributed by atoms with van der Waals surface area (Å²) in [7, 11) is 15.7. The van der Waals surface area contributed by atoms with Gasteiger partial charge in [0.1, 0.15) is 0 Å². The zero-order valence-electron chi connectivity index (χ0n) is 17.3. The standard InChI is InChI=1S/C12H13.C11H11.CH4Si.2ClH.Hf/c1-9(2)12-7-10-5-3-4-6-11(10)8-12;1-8-6-7-9(2)11-5-3-4-10(8)11;1-2;;;/h3-9H,1-2H3;4,6-7H,5H2,1-2H3;2H,1H3;2*1H;/q;;;;;+2/p-2. The molecular weight excluding hydrogens is 566 g/mol. The molecule has 0 aromatic heterocycles. The summed E-state index contributed by atoms with van der Waals surface area (Å²) in [6, 6.07) is 13.2. The number of rotatable bonds is 3. The first-order valence-corrected chi connectivity index (χ1v) is 30.9. The second-order valence-electron chi connectivity index (χ2n) is 8.74. The van der Waals surface area contributed by atoms with Crippen molar-refractivity contribution in [3.05, 3.63) is 78.7 Å². The Hall–Kier alpha value is -0.413. The van der Waals surface area contributed by atoms with Crippen molar-refractivity contribution in [3.8, 4) is 0 Å². The Morgan fingerprint density at radius 3 is 2.32 bits per heavy atom. The molecule has 2 aromatic rings. The van der Waals surface area contributed by atoms with Gasteiger partial charge in [-0.25, -0.2) is 0 Å². The first-order valence-electron chi connectivity index (χ1n) is 10.2. The van der Waals surface area contributed by atoms with Gasteiger partial charge in [0.05, 0.1) is 0 Å². The van der Waals surface area contributed by atoms with Crippen molar-refractivity contribution in [3.63, 3.8) is 0 Å². The topological polar surface area (TPSA) is 0 Å². The van der Waals surface area contributed by atoms with E-state index in [0.717, 1.165) is 6.42 Å². The van der Waals surface area contributed by atoms with Gasteiger partial charge in [0.2, 0.25) is 0 Å². The molecule has 0 saturated heterocycles. The molecular formula is C24H28Cl2HfSi. The van der Waals surface area contributed by atoms with Crippen molar-refractivity contribution < 1.29 is 14.8 Å². The van der Waals surface area contributed by atoms with E-state index < -0.39 is 14.8 Å². The number of benzene rings is 2. The maximum atomic E-state index is 7.87. The van der Waals surface area contributed by atoms with Gasteiger partial charge >= 0.3 is 179 Å². The van der Waals surface area contributed by atoms with Crippen molar-refractivity contribution in [2.45, 2.75) is 44.3 Å². The molecule has 2 aliphatic carbocycles. The zero-order valence-corrected chi connectivity index (χ0v) is 23.6. The minimum atomic E-state index is -4.43. The predicted molar refractivity (Wildman–Crippen MR) is 124 cm³/mol. The number of hydrogen-bond acceptors (Lipinski definition) is 0. The van der Waals surface area contributed by atoms with E-state index in [1.54, 1.807) is 0 Å². The molecule has 2 aromatic carbocycles. The third kappa shape index (κ3) is 3.02. The molecule has 4 rings (SSSR count). The van der Waals surface area contributed by atoms with Crippen LogP contribution in [0.15, 0.2) is 45.3 Å². The van der Waals surface area contributed by atoms with Gasteiger partial charge in [0, 0.05) is 0 Å². The average molecular weight is 594 g/mol. The SMILES string of the molecule is C[SiH]=[Hf]([Cl])([Cl])([C]1=Cc2c(C)ccc(C)c2C1)[CH]1C(C(C)C)=Cc2ccccc21. The molecule has 1 unspecified atom stereocenters. The Labute approximate surface area is 178 Å². The van der Waals surface area contributed by atoms with Crippen molar-refractivity contribution in [2.75, 3.05) is 0 Å². The summed E-state index contributed by atoms with van der Waals surface area (Å²) in [6.07, 6.45) is 5.68. The van der Waals surface area contributed by atoms with Crippen LogP contribution in [0.2, 0.25) is 6.55 Å². The monoisotopic (exact) mass is 594 g/mol. The first kappa shape index (κ1) is 20.8. The van der Waals surface area contributed by atoms with Gasteiger partial charge in [-0.3, -0.25) is 0 Å². The Bertz CT molecular complexity index is 1120. The van der Waals surface area contributed by atoms with Crippen LogP contribution >= 0.6 is 17.2 Å². The molecule has 0 spiro atoms. The van der Waals surface area contributed by atoms with Gasteiger partial charge in [-0.2, -0.15) is 0 Å². The van der Waals surface area contributed by atoms with E-state index in [0.29, 0.717) is 5.92 Å². The third-order valence-electron chi connectivity index (χ3n) is 6.80. The van der Waals surface area contributed by atoms with Gasteiger partial charge in [0.25, 0.3) is 0 Å². The van der Waals surface area contributed by atoms with Gasteiger partial charge in [-0.15, -0.1) is 0 Å². The Morgan fingerprint density at radius 1 is 1.00 bits per heavy atom. The molecule has 0 aliphatic heterocycles. The summed E-state index contributed by atoms with van der Waals surface area (Å²) in [5, 5.41) is 0. The van der Waals surface area contributed by atoms with Crippen molar-refractivity contribution in [2.24, 2.45) is 5.92 Å². The molecule has 1 atom stereocenters. The molecule has 0 amide bonds. The van der Waals surface area contributed by atoms with Gasteiger partial charge in [0.15, 0.2) is 0 Å². The number of allylic oxidation sites excluding steroid dienone is 2. The summed E-state index contributed by atoms with van der Waals surface area (Å²) in [4.78, 5) is 0. The predicted octanol–water partition coefficient (Wildman–Crippen LogP) is 7.39. The summed E-state index contributed by atoms with van der Waals surface area (Å²) >= 11 is -4.43. The quantitative estimate of drug-likeness (QED) is 0.326. The van der Waals surface area contributed by atoms with E-state index in [1.165, 1.54) is 42.3 Å². The van der Waals surface area contributed by atoms with Crippen LogP contribution in [0.25, 0.3) is 12.2 Å². The van der Waals surface area contributed by atoms with Crippen LogP contribution in [0.1, 0.15) is 50.9 Å². The summed E-state index contributed by atoms with van der Waals surface area (Å²) < 4.78 is 1.61. The van der Waals surface area contributed by atoms with E-state index in [4.69, 9.17) is 17.2 Å². The van der Waals surface area contributed by atoms with Crippen molar-refractivity contribution >= 4 is 35.5 Å². The van der Waals surface area contributed by atoms with Crippen LogP contribution in [-0.2, 0) is 21.2 Å². The van der Waals surface area contributed by atoms with Crippen LogP contribution in [-0.4, -0.2) is 6.22 Å². The van der Waals surface area contributed by atoms with Crippen LogP contribution < -0.4 is 0 Å². The van der Waals surface area contributed by atoms with E-state index in [2.05, 4.69) is 82.8 Å². The average Bonchev–Trinajstić information content (AvgIpc) is 3.29. The number of halogens is 2. The van der Waals surface area contributed by atoms with Crippen molar-refractivity contribution in [1.29, 1.82) is 0 Å². The van der Waals surface area contributed by atoms with Gasteiger partial charge < -0.3 is 0 Å². The second-order valence-corrected chi connectivity index (χ2v) is 58.9. The van der Waals surface area contributed by atoms with Crippen LogP contribution in [0, 0.1) is 19.8 Å². The molecule has 28 heavy (non-hydrogen) atoms. The van der Waals surface area contributed by atoms with E-state index >= 15 is 0 Å². The van der Waals surface area contributed by atoms with E-state index in [9.17, 15) is 0 Å². The first-order chi connectivity index (χ1) is 13.2. The summed E-state index contributed by atoms with van der Waals surface area (Å²) in [5.74, 6) is 0.448. The van der Waals surface area contributed by atoms with Gasteiger partial charge in [-0.1, -0.05) is 0 Å². The fraction of sp³-hybridized carbons (Fsp3) is 0.333. The normalized spacial score (nSPS) is 18.7. The number of fused-ring (bicyclic) bond motifs is 2. The molecule has 146 valence electrons. The van der Waals surface area contributed by atoms with Crippen molar-refractivity contribution in [1.82, 2.24) is 0 Å². The number of hydrogen-bond donors (Lipinski definition) is 0.